The van der Waals surface area contributed by atoms with Gasteiger partial charge in [-0.05, 0) is 27.2 Å². The monoisotopic (exact) mass is 266 g/mol. The van der Waals surface area contributed by atoms with Gasteiger partial charge < -0.3 is 4.74 Å². The lowest BCUT2D eigenvalue weighted by atomic mass is 10.1. The number of rotatable bonds is 9. The number of ether oxygens (including phenoxy) is 1. The molecule has 3 unspecified atom stereocenters. The van der Waals surface area contributed by atoms with E-state index in [4.69, 9.17) is 18.3 Å². The average Bonchev–Trinajstić information content (AvgIpc) is 2.94. The van der Waals surface area contributed by atoms with Gasteiger partial charge in [-0.15, -0.1) is 0 Å². The van der Waals surface area contributed by atoms with Gasteiger partial charge in [0, 0.05) is 6.42 Å². The summed E-state index contributed by atoms with van der Waals surface area (Å²) in [5.41, 5.74) is 0. The summed E-state index contributed by atoms with van der Waals surface area (Å²) in [7, 11) is -3.40. The first-order valence-electron chi connectivity index (χ1n) is 6.27. The fourth-order valence-corrected chi connectivity index (χ4v) is 3.05. The summed E-state index contributed by atoms with van der Waals surface area (Å²) < 4.78 is 33.2. The second kappa shape index (κ2) is 6.86. The molecule has 1 aliphatic heterocycles. The quantitative estimate of drug-likeness (QED) is 0.474. The molecule has 0 aromatic rings. The molecule has 0 radical (unpaired) electrons. The highest BCUT2D eigenvalue weighted by Gasteiger charge is 2.38. The SMILES string of the molecule is CCOP(=O)(OCC)OC(CC)CC1OC1C. The summed E-state index contributed by atoms with van der Waals surface area (Å²) in [6, 6.07) is 0. The zero-order valence-electron chi connectivity index (χ0n) is 11.0. The zero-order valence-corrected chi connectivity index (χ0v) is 11.9. The number of phosphoric acid groups is 1. The van der Waals surface area contributed by atoms with E-state index in [0.717, 1.165) is 12.8 Å². The van der Waals surface area contributed by atoms with Crippen LogP contribution in [0.15, 0.2) is 0 Å². The van der Waals surface area contributed by atoms with Crippen LogP contribution in [0.1, 0.15) is 40.5 Å². The highest BCUT2D eigenvalue weighted by Crippen LogP contribution is 2.51. The van der Waals surface area contributed by atoms with Gasteiger partial charge in [0.1, 0.15) is 0 Å². The molecule has 6 heteroatoms. The molecule has 0 aliphatic carbocycles. The summed E-state index contributed by atoms with van der Waals surface area (Å²) in [6.45, 7) is 8.15. The normalized spacial score (nSPS) is 25.9. The predicted octanol–water partition coefficient (Wildman–Crippen LogP) is 3.14. The van der Waals surface area contributed by atoms with Crippen LogP contribution in [-0.2, 0) is 22.9 Å². The molecule has 17 heavy (non-hydrogen) atoms. The van der Waals surface area contributed by atoms with E-state index in [-0.39, 0.29) is 18.3 Å². The van der Waals surface area contributed by atoms with Crippen LogP contribution in [0, 0.1) is 0 Å². The first kappa shape index (κ1) is 15.1. The van der Waals surface area contributed by atoms with Gasteiger partial charge in [0.05, 0.1) is 31.5 Å². The molecular formula is C11H23O5P. The molecule has 5 nitrogen and oxygen atoms in total. The zero-order chi connectivity index (χ0) is 12.9. The van der Waals surface area contributed by atoms with Gasteiger partial charge in [-0.1, -0.05) is 6.92 Å². The van der Waals surface area contributed by atoms with Crippen molar-refractivity contribution < 1.29 is 22.9 Å². The maximum absolute atomic E-state index is 12.2. The number of phosphoric ester groups is 1. The molecule has 3 atom stereocenters. The second-order valence-corrected chi connectivity index (χ2v) is 5.66. The van der Waals surface area contributed by atoms with Crippen molar-refractivity contribution in [1.82, 2.24) is 0 Å². The average molecular weight is 266 g/mol. The van der Waals surface area contributed by atoms with Crippen LogP contribution in [-0.4, -0.2) is 31.5 Å². The van der Waals surface area contributed by atoms with E-state index in [1.807, 2.05) is 13.8 Å². The summed E-state index contributed by atoms with van der Waals surface area (Å²) in [6.07, 6.45) is 1.86. The Labute approximate surface area is 103 Å². The van der Waals surface area contributed by atoms with E-state index < -0.39 is 7.82 Å². The Bertz CT molecular complexity index is 261. The Morgan fingerprint density at radius 3 is 2.12 bits per heavy atom. The molecular weight excluding hydrogens is 243 g/mol. The molecule has 0 bridgehead atoms. The molecule has 0 saturated carbocycles. The fourth-order valence-electron chi connectivity index (χ4n) is 1.62. The summed E-state index contributed by atoms with van der Waals surface area (Å²) in [4.78, 5) is 0. The van der Waals surface area contributed by atoms with Gasteiger partial charge in [-0.3, -0.25) is 13.6 Å². The minimum Gasteiger partial charge on any atom is -0.370 e. The van der Waals surface area contributed by atoms with Crippen molar-refractivity contribution in [3.8, 4) is 0 Å². The highest BCUT2D eigenvalue weighted by molar-refractivity contribution is 7.48. The van der Waals surface area contributed by atoms with Crippen LogP contribution in [0.3, 0.4) is 0 Å². The minimum absolute atomic E-state index is 0.145. The van der Waals surface area contributed by atoms with Crippen molar-refractivity contribution in [2.24, 2.45) is 0 Å². The number of hydrogen-bond acceptors (Lipinski definition) is 5. The van der Waals surface area contributed by atoms with Gasteiger partial charge >= 0.3 is 7.82 Å². The van der Waals surface area contributed by atoms with Gasteiger partial charge in [-0.25, -0.2) is 4.57 Å². The van der Waals surface area contributed by atoms with Gasteiger partial charge in [0.25, 0.3) is 0 Å². The molecule has 0 spiro atoms. The van der Waals surface area contributed by atoms with Crippen molar-refractivity contribution in [3.63, 3.8) is 0 Å². The highest BCUT2D eigenvalue weighted by atomic mass is 31.2. The largest absolute Gasteiger partial charge is 0.475 e. The molecule has 1 heterocycles. The lowest BCUT2D eigenvalue weighted by molar-refractivity contribution is 0.0744. The summed E-state index contributed by atoms with van der Waals surface area (Å²) in [5, 5.41) is 0. The van der Waals surface area contributed by atoms with Crippen LogP contribution in [0.25, 0.3) is 0 Å². The van der Waals surface area contributed by atoms with Gasteiger partial charge in [-0.2, -0.15) is 0 Å². The minimum atomic E-state index is -3.40. The molecule has 0 aromatic carbocycles. The standard InChI is InChI=1S/C11H23O5P/c1-5-10(8-11-9(4)15-11)16-17(12,13-6-2)14-7-3/h9-11H,5-8H2,1-4H3. The van der Waals surface area contributed by atoms with Crippen LogP contribution in [0.2, 0.25) is 0 Å². The first-order valence-corrected chi connectivity index (χ1v) is 7.73. The Morgan fingerprint density at radius 1 is 1.24 bits per heavy atom. The lowest BCUT2D eigenvalue weighted by Crippen LogP contribution is -2.15. The third-order valence-electron chi connectivity index (χ3n) is 2.64. The van der Waals surface area contributed by atoms with Gasteiger partial charge in [0.2, 0.25) is 0 Å². The molecule has 1 saturated heterocycles. The smallest absolute Gasteiger partial charge is 0.370 e. The van der Waals surface area contributed by atoms with Crippen molar-refractivity contribution >= 4 is 7.82 Å². The number of hydrogen-bond donors (Lipinski definition) is 0. The van der Waals surface area contributed by atoms with Crippen molar-refractivity contribution in [2.75, 3.05) is 13.2 Å². The van der Waals surface area contributed by atoms with Crippen molar-refractivity contribution in [3.05, 3.63) is 0 Å². The Balaban J connectivity index is 2.47. The Kier molecular flexibility index (Phi) is 6.10. The summed E-state index contributed by atoms with van der Waals surface area (Å²) >= 11 is 0. The molecule has 0 amide bonds. The third kappa shape index (κ3) is 5.06. The van der Waals surface area contributed by atoms with E-state index in [1.165, 1.54) is 0 Å². The van der Waals surface area contributed by atoms with Crippen LogP contribution >= 0.6 is 7.82 Å². The Hall–Kier alpha value is 0.0700. The number of epoxide rings is 1. The fraction of sp³-hybridized carbons (Fsp3) is 1.00. The first-order chi connectivity index (χ1) is 8.04. The van der Waals surface area contributed by atoms with Crippen LogP contribution in [0.5, 0.6) is 0 Å². The third-order valence-corrected chi connectivity index (χ3v) is 4.34. The maximum atomic E-state index is 12.2. The van der Waals surface area contributed by atoms with E-state index >= 15 is 0 Å². The molecule has 0 aromatic heterocycles. The molecule has 102 valence electrons. The van der Waals surface area contributed by atoms with Gasteiger partial charge in [0.15, 0.2) is 0 Å². The summed E-state index contributed by atoms with van der Waals surface area (Å²) in [5.74, 6) is 0. The molecule has 0 N–H and O–H groups in total. The maximum Gasteiger partial charge on any atom is 0.475 e. The molecule has 1 fully saturated rings. The van der Waals surface area contributed by atoms with E-state index in [0.29, 0.717) is 13.2 Å². The lowest BCUT2D eigenvalue weighted by Gasteiger charge is -2.22. The predicted molar refractivity (Wildman–Crippen MR) is 65.0 cm³/mol. The molecule has 1 aliphatic rings. The van der Waals surface area contributed by atoms with Crippen molar-refractivity contribution in [1.29, 1.82) is 0 Å². The molecule has 1 rings (SSSR count). The van der Waals surface area contributed by atoms with Crippen molar-refractivity contribution in [2.45, 2.75) is 58.8 Å². The Morgan fingerprint density at radius 2 is 1.76 bits per heavy atom. The second-order valence-electron chi connectivity index (χ2n) is 4.03. The van der Waals surface area contributed by atoms with E-state index in [9.17, 15) is 4.57 Å². The van der Waals surface area contributed by atoms with Crippen LogP contribution < -0.4 is 0 Å². The topological polar surface area (TPSA) is 57.3 Å². The van der Waals surface area contributed by atoms with E-state index in [2.05, 4.69) is 0 Å². The van der Waals surface area contributed by atoms with E-state index in [1.54, 1.807) is 13.8 Å². The van der Waals surface area contributed by atoms with Crippen LogP contribution in [0.4, 0.5) is 0 Å².